The van der Waals surface area contributed by atoms with Gasteiger partial charge in [0.05, 0.1) is 16.3 Å². The molecule has 0 fully saturated rings. The van der Waals surface area contributed by atoms with Crippen LogP contribution in [-0.4, -0.2) is 11.0 Å². The van der Waals surface area contributed by atoms with Gasteiger partial charge in [0.2, 0.25) is 0 Å². The quantitative estimate of drug-likeness (QED) is 0.451. The topological polar surface area (TPSA) is 75.3 Å². The van der Waals surface area contributed by atoms with E-state index in [9.17, 15) is 9.90 Å². The number of fused-ring (bicyclic) bond motifs is 1. The Kier molecular flexibility index (Phi) is 3.84. The molecule has 21 heavy (non-hydrogen) atoms. The van der Waals surface area contributed by atoms with Crippen LogP contribution in [0.3, 0.4) is 0 Å². The number of aromatic hydroxyl groups is 1. The highest BCUT2D eigenvalue weighted by Gasteiger charge is 2.17. The number of hydrogen-bond acceptors (Lipinski definition) is 4. The van der Waals surface area contributed by atoms with Crippen LogP contribution < -0.4 is 11.1 Å². The van der Waals surface area contributed by atoms with Gasteiger partial charge in [-0.1, -0.05) is 6.42 Å². The first kappa shape index (κ1) is 13.9. The van der Waals surface area contributed by atoms with Crippen LogP contribution in [0.5, 0.6) is 5.75 Å². The normalized spacial score (nSPS) is 14.3. The molecule has 2 aromatic rings. The van der Waals surface area contributed by atoms with Crippen LogP contribution in [0.25, 0.3) is 0 Å². The maximum absolute atomic E-state index is 12.3. The summed E-state index contributed by atoms with van der Waals surface area (Å²) in [5.41, 5.74) is 8.01. The largest absolute Gasteiger partial charge is 0.508 e. The Bertz CT molecular complexity index is 655. The van der Waals surface area contributed by atoms with Gasteiger partial charge in [0.1, 0.15) is 5.75 Å². The summed E-state index contributed by atoms with van der Waals surface area (Å²) in [5.74, 6) is -0.0428. The second kappa shape index (κ2) is 5.77. The van der Waals surface area contributed by atoms with E-state index in [0.29, 0.717) is 11.4 Å². The molecule has 0 atom stereocenters. The molecule has 0 aliphatic heterocycles. The lowest BCUT2D eigenvalue weighted by Crippen LogP contribution is -2.11. The van der Waals surface area contributed by atoms with E-state index in [-0.39, 0.29) is 11.7 Å². The number of phenolic OH excluding ortho intramolecular Hbond substituents is 1. The van der Waals surface area contributed by atoms with Gasteiger partial charge in [0.15, 0.2) is 0 Å². The number of phenols is 1. The minimum absolute atomic E-state index is 0.0911. The maximum atomic E-state index is 12.3. The van der Waals surface area contributed by atoms with Crippen LogP contribution in [0.2, 0.25) is 0 Å². The Morgan fingerprint density at radius 3 is 2.81 bits per heavy atom. The van der Waals surface area contributed by atoms with Crippen LogP contribution in [0.15, 0.2) is 24.3 Å². The molecule has 110 valence electrons. The Morgan fingerprint density at radius 1 is 1.19 bits per heavy atom. The lowest BCUT2D eigenvalue weighted by molar-refractivity contribution is 0.103. The van der Waals surface area contributed by atoms with Crippen molar-refractivity contribution in [1.29, 1.82) is 0 Å². The molecule has 3 rings (SSSR count). The van der Waals surface area contributed by atoms with Crippen molar-refractivity contribution in [1.82, 2.24) is 0 Å². The van der Waals surface area contributed by atoms with Crippen molar-refractivity contribution in [2.24, 2.45) is 0 Å². The third kappa shape index (κ3) is 3.03. The third-order valence-corrected chi connectivity index (χ3v) is 4.99. The zero-order valence-electron chi connectivity index (χ0n) is 11.7. The molecule has 1 aliphatic carbocycles. The van der Waals surface area contributed by atoms with Gasteiger partial charge in [-0.05, 0) is 49.4 Å². The first-order chi connectivity index (χ1) is 10.1. The van der Waals surface area contributed by atoms with Gasteiger partial charge in [0, 0.05) is 10.9 Å². The summed E-state index contributed by atoms with van der Waals surface area (Å²) in [4.78, 5) is 14.4. The minimum Gasteiger partial charge on any atom is -0.508 e. The Labute approximate surface area is 127 Å². The van der Waals surface area contributed by atoms with E-state index in [1.807, 2.05) is 6.07 Å². The Morgan fingerprint density at radius 2 is 2.00 bits per heavy atom. The number of benzene rings is 1. The molecular weight excluding hydrogens is 284 g/mol. The molecular formula is C16H18N2O2S. The van der Waals surface area contributed by atoms with Crippen molar-refractivity contribution in [2.45, 2.75) is 32.1 Å². The molecule has 1 aliphatic rings. The summed E-state index contributed by atoms with van der Waals surface area (Å²) in [6.07, 6.45) is 5.83. The van der Waals surface area contributed by atoms with E-state index in [0.717, 1.165) is 17.7 Å². The van der Waals surface area contributed by atoms with Gasteiger partial charge in [-0.25, -0.2) is 0 Å². The van der Waals surface area contributed by atoms with Crippen molar-refractivity contribution >= 4 is 28.6 Å². The van der Waals surface area contributed by atoms with E-state index in [1.165, 1.54) is 41.8 Å². The number of nitrogens with one attached hydrogen (secondary N) is 1. The average molecular weight is 302 g/mol. The maximum Gasteiger partial charge on any atom is 0.265 e. The van der Waals surface area contributed by atoms with Crippen molar-refractivity contribution < 1.29 is 9.90 Å². The zero-order valence-corrected chi connectivity index (χ0v) is 12.5. The number of amides is 1. The van der Waals surface area contributed by atoms with Crippen molar-refractivity contribution in [3.63, 3.8) is 0 Å². The molecule has 0 unspecified atom stereocenters. The minimum atomic E-state index is -0.134. The smallest absolute Gasteiger partial charge is 0.265 e. The summed E-state index contributed by atoms with van der Waals surface area (Å²) in [6, 6.07) is 6.56. The molecule has 0 spiro atoms. The first-order valence-electron chi connectivity index (χ1n) is 7.15. The standard InChI is InChI=1S/C16H18N2O2S/c17-12-9-11(19)6-7-13(12)18-16(20)15-8-10-4-2-1-3-5-14(10)21-15/h6-9,19H,1-5,17H2,(H,18,20). The lowest BCUT2D eigenvalue weighted by Gasteiger charge is -2.07. The summed E-state index contributed by atoms with van der Waals surface area (Å²) in [7, 11) is 0. The van der Waals surface area contributed by atoms with E-state index < -0.39 is 0 Å². The van der Waals surface area contributed by atoms with E-state index >= 15 is 0 Å². The second-order valence-electron chi connectivity index (χ2n) is 5.35. The molecule has 4 nitrogen and oxygen atoms in total. The van der Waals surface area contributed by atoms with Crippen LogP contribution in [0, 0.1) is 0 Å². The zero-order chi connectivity index (χ0) is 14.8. The van der Waals surface area contributed by atoms with Crippen LogP contribution in [-0.2, 0) is 12.8 Å². The number of thiophene rings is 1. The van der Waals surface area contributed by atoms with Crippen molar-refractivity contribution in [2.75, 3.05) is 11.1 Å². The predicted molar refractivity (Wildman–Crippen MR) is 86.1 cm³/mol. The lowest BCUT2D eigenvalue weighted by atomic mass is 10.1. The summed E-state index contributed by atoms with van der Waals surface area (Å²) in [6.45, 7) is 0. The average Bonchev–Trinajstić information content (AvgIpc) is 2.73. The van der Waals surface area contributed by atoms with Gasteiger partial charge in [-0.2, -0.15) is 0 Å². The Balaban J connectivity index is 1.79. The molecule has 1 aromatic carbocycles. The van der Waals surface area contributed by atoms with Gasteiger partial charge in [0.25, 0.3) is 5.91 Å². The molecule has 4 N–H and O–H groups in total. The first-order valence-corrected chi connectivity index (χ1v) is 7.96. The molecule has 1 aromatic heterocycles. The van der Waals surface area contributed by atoms with Gasteiger partial charge < -0.3 is 16.2 Å². The van der Waals surface area contributed by atoms with E-state index in [2.05, 4.69) is 5.32 Å². The Hall–Kier alpha value is -2.01. The summed E-state index contributed by atoms with van der Waals surface area (Å²) >= 11 is 1.58. The number of carbonyl (C=O) groups is 1. The van der Waals surface area contributed by atoms with Crippen LogP contribution >= 0.6 is 11.3 Å². The van der Waals surface area contributed by atoms with E-state index in [4.69, 9.17) is 5.73 Å². The number of nitrogens with two attached hydrogens (primary N) is 1. The summed E-state index contributed by atoms with van der Waals surface area (Å²) in [5, 5.41) is 12.1. The monoisotopic (exact) mass is 302 g/mol. The second-order valence-corrected chi connectivity index (χ2v) is 6.48. The fraction of sp³-hybridized carbons (Fsp3) is 0.312. The number of rotatable bonds is 2. The van der Waals surface area contributed by atoms with E-state index in [1.54, 1.807) is 17.4 Å². The molecule has 0 saturated heterocycles. The molecule has 0 saturated carbocycles. The van der Waals surface area contributed by atoms with Gasteiger partial charge in [-0.3, -0.25) is 4.79 Å². The van der Waals surface area contributed by atoms with Crippen LogP contribution in [0.1, 0.15) is 39.4 Å². The van der Waals surface area contributed by atoms with Crippen LogP contribution in [0.4, 0.5) is 11.4 Å². The van der Waals surface area contributed by atoms with Gasteiger partial charge in [-0.15, -0.1) is 11.3 Å². The fourth-order valence-corrected chi connectivity index (χ4v) is 3.78. The number of carbonyl (C=O) groups excluding carboxylic acids is 1. The third-order valence-electron chi connectivity index (χ3n) is 3.75. The molecule has 0 radical (unpaired) electrons. The SMILES string of the molecule is Nc1cc(O)ccc1NC(=O)c1cc2c(s1)CCCCC2. The highest BCUT2D eigenvalue weighted by atomic mass is 32.1. The van der Waals surface area contributed by atoms with Crippen molar-refractivity contribution in [3.8, 4) is 5.75 Å². The number of aryl methyl sites for hydroxylation is 2. The number of hydrogen-bond donors (Lipinski definition) is 3. The molecule has 1 heterocycles. The highest BCUT2D eigenvalue weighted by molar-refractivity contribution is 7.14. The molecule has 5 heteroatoms. The summed E-state index contributed by atoms with van der Waals surface area (Å²) < 4.78 is 0. The van der Waals surface area contributed by atoms with Crippen molar-refractivity contribution in [3.05, 3.63) is 39.6 Å². The number of nitrogen functional groups attached to an aromatic ring is 1. The number of anilines is 2. The van der Waals surface area contributed by atoms with Gasteiger partial charge >= 0.3 is 0 Å². The molecule has 1 amide bonds. The molecule has 0 bridgehead atoms. The fourth-order valence-electron chi connectivity index (χ4n) is 2.63. The highest BCUT2D eigenvalue weighted by Crippen LogP contribution is 2.30. The predicted octanol–water partition coefficient (Wildman–Crippen LogP) is 3.56.